The van der Waals surface area contributed by atoms with E-state index in [-0.39, 0.29) is 22.7 Å². The molecule has 9 nitrogen and oxygen atoms in total. The van der Waals surface area contributed by atoms with Crippen LogP contribution in [0.4, 0.5) is 5.82 Å². The molecule has 2 aromatic carbocycles. The summed E-state index contributed by atoms with van der Waals surface area (Å²) < 4.78 is 3.02. The average molecular weight is 490 g/mol. The minimum atomic E-state index is -0.582. The van der Waals surface area contributed by atoms with Crippen molar-refractivity contribution in [2.45, 2.75) is 19.9 Å². The molecule has 1 amide bonds. The highest BCUT2D eigenvalue weighted by Gasteiger charge is 2.23. The number of para-hydroxylation sites is 1. The van der Waals surface area contributed by atoms with Gasteiger partial charge in [0.2, 0.25) is 0 Å². The summed E-state index contributed by atoms with van der Waals surface area (Å²) in [5, 5.41) is 15.9. The zero-order chi connectivity index (χ0) is 26.1. The summed E-state index contributed by atoms with van der Waals surface area (Å²) in [6, 6.07) is 17.6. The van der Waals surface area contributed by atoms with Crippen molar-refractivity contribution in [1.29, 1.82) is 5.41 Å². The van der Waals surface area contributed by atoms with Crippen molar-refractivity contribution in [3.8, 4) is 17.5 Å². The first kappa shape index (κ1) is 23.5. The Bertz CT molecular complexity index is 1810. The van der Waals surface area contributed by atoms with Crippen LogP contribution in [-0.4, -0.2) is 30.8 Å². The molecule has 182 valence electrons. The minimum absolute atomic E-state index is 0.0621. The summed E-state index contributed by atoms with van der Waals surface area (Å²) in [5.41, 5.74) is 8.24. The van der Waals surface area contributed by atoms with Crippen LogP contribution in [0.3, 0.4) is 0 Å². The van der Waals surface area contributed by atoms with Gasteiger partial charge in [0.25, 0.3) is 11.5 Å². The van der Waals surface area contributed by atoms with Gasteiger partial charge in [0.05, 0.1) is 17.1 Å². The van der Waals surface area contributed by atoms with E-state index in [2.05, 4.69) is 27.2 Å². The number of anilines is 1. The predicted octanol–water partition coefficient (Wildman–Crippen LogP) is 3.50. The van der Waals surface area contributed by atoms with Gasteiger partial charge in [-0.25, -0.2) is 9.50 Å². The smallest absolute Gasteiger partial charge is 0.264 e. The standard InChI is InChI=1S/C28H23N7O2/c1-17(29)12-13-19-8-6-9-20-16-22(35(28(37)23(19)20)21-10-4-3-5-11-21)18(2)32-27(36)24-25(30)33-34-15-7-14-31-26(24)34/h3-11,14-16,18,29H,1-2H3,(H2,30,33)(H,32,36)/t18-/m0/s1. The summed E-state index contributed by atoms with van der Waals surface area (Å²) in [4.78, 5) is 31.5. The maximum atomic E-state index is 13.9. The number of carbonyl (C=O) groups is 1. The molecule has 3 aromatic heterocycles. The molecule has 0 aliphatic rings. The summed E-state index contributed by atoms with van der Waals surface area (Å²) >= 11 is 0. The molecule has 3 heterocycles. The van der Waals surface area contributed by atoms with Gasteiger partial charge in [0, 0.05) is 29.3 Å². The molecule has 0 saturated carbocycles. The van der Waals surface area contributed by atoms with Gasteiger partial charge in [0.15, 0.2) is 11.5 Å². The number of hydrogen-bond donors (Lipinski definition) is 3. The Morgan fingerprint density at radius 3 is 2.68 bits per heavy atom. The quantitative estimate of drug-likeness (QED) is 0.263. The number of aromatic nitrogens is 4. The maximum Gasteiger partial charge on any atom is 0.264 e. The molecule has 0 saturated heterocycles. The lowest BCUT2D eigenvalue weighted by atomic mass is 10.0. The van der Waals surface area contributed by atoms with Crippen molar-refractivity contribution < 1.29 is 4.79 Å². The van der Waals surface area contributed by atoms with Gasteiger partial charge >= 0.3 is 0 Å². The lowest BCUT2D eigenvalue weighted by Gasteiger charge is -2.21. The van der Waals surface area contributed by atoms with Gasteiger partial charge in [0.1, 0.15) is 5.56 Å². The molecule has 9 heteroatoms. The van der Waals surface area contributed by atoms with Gasteiger partial charge in [-0.3, -0.25) is 19.6 Å². The Morgan fingerprint density at radius 1 is 1.14 bits per heavy atom. The first-order valence-electron chi connectivity index (χ1n) is 11.6. The van der Waals surface area contributed by atoms with E-state index in [9.17, 15) is 9.59 Å². The zero-order valence-corrected chi connectivity index (χ0v) is 20.2. The average Bonchev–Trinajstić information content (AvgIpc) is 3.23. The zero-order valence-electron chi connectivity index (χ0n) is 20.2. The third-order valence-corrected chi connectivity index (χ3v) is 5.91. The van der Waals surface area contributed by atoms with Crippen LogP contribution >= 0.6 is 0 Å². The second-order valence-corrected chi connectivity index (χ2v) is 8.53. The maximum absolute atomic E-state index is 13.9. The van der Waals surface area contributed by atoms with E-state index in [1.165, 1.54) is 4.52 Å². The fourth-order valence-corrected chi connectivity index (χ4v) is 4.27. The van der Waals surface area contributed by atoms with E-state index in [4.69, 9.17) is 11.1 Å². The highest BCUT2D eigenvalue weighted by molar-refractivity contribution is 6.04. The fraction of sp³-hybridized carbons (Fsp3) is 0.107. The van der Waals surface area contributed by atoms with Crippen LogP contribution in [0.15, 0.2) is 77.9 Å². The fourth-order valence-electron chi connectivity index (χ4n) is 4.27. The molecule has 5 rings (SSSR count). The number of pyridine rings is 1. The van der Waals surface area contributed by atoms with E-state index in [0.29, 0.717) is 33.4 Å². The normalized spacial score (nSPS) is 11.6. The molecule has 0 spiro atoms. The number of fused-ring (bicyclic) bond motifs is 2. The van der Waals surface area contributed by atoms with Crippen LogP contribution in [0, 0.1) is 17.3 Å². The number of rotatable bonds is 4. The molecule has 0 fully saturated rings. The molecule has 0 radical (unpaired) electrons. The SMILES string of the molecule is CC(=N)C#Cc1cccc2cc([C@H](C)NC(=O)c3c(N)nn4cccnc34)n(-c3ccccc3)c(=O)c12. The highest BCUT2D eigenvalue weighted by Crippen LogP contribution is 2.24. The minimum Gasteiger partial charge on any atom is -0.381 e. The monoisotopic (exact) mass is 489 g/mol. The third kappa shape index (κ3) is 4.32. The molecule has 5 aromatic rings. The van der Waals surface area contributed by atoms with Gasteiger partial charge in [-0.1, -0.05) is 36.3 Å². The largest absolute Gasteiger partial charge is 0.381 e. The molecule has 1 atom stereocenters. The summed E-state index contributed by atoms with van der Waals surface area (Å²) in [5.74, 6) is 5.29. The van der Waals surface area contributed by atoms with Crippen molar-refractivity contribution in [2.24, 2.45) is 0 Å². The molecule has 0 aliphatic heterocycles. The lowest BCUT2D eigenvalue weighted by molar-refractivity contribution is 0.0941. The Morgan fingerprint density at radius 2 is 1.92 bits per heavy atom. The summed E-state index contributed by atoms with van der Waals surface area (Å²) in [6.45, 7) is 3.39. The van der Waals surface area contributed by atoms with Crippen molar-refractivity contribution in [3.05, 3.63) is 100 Å². The van der Waals surface area contributed by atoms with Gasteiger partial charge < -0.3 is 11.1 Å². The molecule has 0 bridgehead atoms. The number of hydrogen-bond acceptors (Lipinski definition) is 6. The van der Waals surface area contributed by atoms with Crippen LogP contribution in [-0.2, 0) is 0 Å². The van der Waals surface area contributed by atoms with Crippen LogP contribution < -0.4 is 16.6 Å². The number of benzene rings is 2. The van der Waals surface area contributed by atoms with Crippen LogP contribution in [0.2, 0.25) is 0 Å². The second-order valence-electron chi connectivity index (χ2n) is 8.53. The van der Waals surface area contributed by atoms with Crippen LogP contribution in [0.1, 0.15) is 41.5 Å². The molecular formula is C28H23N7O2. The van der Waals surface area contributed by atoms with E-state index in [1.54, 1.807) is 42.9 Å². The van der Waals surface area contributed by atoms with E-state index < -0.39 is 11.9 Å². The Hall–Kier alpha value is -5.23. The van der Waals surface area contributed by atoms with Gasteiger partial charge in [-0.15, -0.1) is 5.10 Å². The first-order valence-corrected chi connectivity index (χ1v) is 11.6. The Balaban J connectivity index is 1.66. The Labute approximate surface area is 212 Å². The van der Waals surface area contributed by atoms with E-state index in [1.807, 2.05) is 48.5 Å². The number of nitrogens with one attached hydrogen (secondary N) is 2. The van der Waals surface area contributed by atoms with Crippen LogP contribution in [0.25, 0.3) is 22.1 Å². The number of nitrogens with zero attached hydrogens (tertiary/aromatic N) is 4. The molecule has 4 N–H and O–H groups in total. The van der Waals surface area contributed by atoms with E-state index in [0.717, 1.165) is 0 Å². The highest BCUT2D eigenvalue weighted by atomic mass is 16.2. The number of amides is 1. The Kier molecular flexibility index (Phi) is 5.99. The predicted molar refractivity (Wildman–Crippen MR) is 143 cm³/mol. The third-order valence-electron chi connectivity index (χ3n) is 5.91. The van der Waals surface area contributed by atoms with Crippen LogP contribution in [0.5, 0.6) is 0 Å². The summed E-state index contributed by atoms with van der Waals surface area (Å²) in [6.07, 6.45) is 3.23. The lowest BCUT2D eigenvalue weighted by Crippen LogP contribution is -2.32. The number of nitrogen functional groups attached to an aromatic ring is 1. The molecular weight excluding hydrogens is 466 g/mol. The topological polar surface area (TPSA) is 131 Å². The first-order chi connectivity index (χ1) is 17.8. The van der Waals surface area contributed by atoms with Crippen molar-refractivity contribution in [1.82, 2.24) is 24.5 Å². The van der Waals surface area contributed by atoms with E-state index >= 15 is 0 Å². The van der Waals surface area contributed by atoms with Crippen molar-refractivity contribution >= 4 is 33.9 Å². The molecule has 0 aliphatic carbocycles. The number of nitrogens with two attached hydrogens (primary N) is 1. The number of carbonyl (C=O) groups excluding carboxylic acids is 1. The van der Waals surface area contributed by atoms with Crippen molar-refractivity contribution in [3.63, 3.8) is 0 Å². The molecule has 0 unspecified atom stereocenters. The van der Waals surface area contributed by atoms with Crippen molar-refractivity contribution in [2.75, 3.05) is 5.73 Å². The summed E-state index contributed by atoms with van der Waals surface area (Å²) in [7, 11) is 0. The van der Waals surface area contributed by atoms with Gasteiger partial charge in [-0.05, 0) is 55.5 Å². The molecule has 37 heavy (non-hydrogen) atoms. The second kappa shape index (κ2) is 9.43. The van der Waals surface area contributed by atoms with Gasteiger partial charge in [-0.2, -0.15) is 0 Å².